The Kier molecular flexibility index (Phi) is 5.19. The summed E-state index contributed by atoms with van der Waals surface area (Å²) in [5, 5.41) is 19.2. The standard InChI is InChI=1S/C27H22FN7O/c1-35(2)14-15-5-17(12-29-11-15)23-10-22-25(13-31-23)33-34-26(22)24-9-21-20(3-4-30-27(21)32-24)16-6-18(28)8-19(36)7-16/h3-13,36H,14H2,1-2H3,(H,30,32)(H,33,34). The highest BCUT2D eigenvalue weighted by Crippen LogP contribution is 2.35. The van der Waals surface area contributed by atoms with Gasteiger partial charge in [0, 0.05) is 47.5 Å². The Bertz CT molecular complexity index is 1720. The fourth-order valence-corrected chi connectivity index (χ4v) is 4.50. The molecule has 9 heteroatoms. The van der Waals surface area contributed by atoms with Crippen LogP contribution < -0.4 is 0 Å². The smallest absolute Gasteiger partial charge is 0.138 e. The molecule has 0 radical (unpaired) electrons. The molecule has 1 aromatic carbocycles. The van der Waals surface area contributed by atoms with Gasteiger partial charge in [-0.25, -0.2) is 9.37 Å². The highest BCUT2D eigenvalue weighted by Gasteiger charge is 2.16. The van der Waals surface area contributed by atoms with Crippen LogP contribution in [0.2, 0.25) is 0 Å². The molecule has 8 nitrogen and oxygen atoms in total. The number of phenolic OH excluding ortho intramolecular Hbond substituents is 1. The van der Waals surface area contributed by atoms with E-state index in [0.29, 0.717) is 11.2 Å². The summed E-state index contributed by atoms with van der Waals surface area (Å²) in [5.41, 5.74) is 7.05. The maximum absolute atomic E-state index is 14.0. The van der Waals surface area contributed by atoms with E-state index < -0.39 is 5.82 Å². The molecule has 0 saturated carbocycles. The number of aromatic hydroxyl groups is 1. The van der Waals surface area contributed by atoms with Crippen molar-refractivity contribution in [2.45, 2.75) is 6.54 Å². The van der Waals surface area contributed by atoms with Gasteiger partial charge in [-0.3, -0.25) is 15.1 Å². The Morgan fingerprint density at radius 1 is 0.944 bits per heavy atom. The predicted octanol–water partition coefficient (Wildman–Crippen LogP) is 5.14. The molecule has 5 aromatic heterocycles. The van der Waals surface area contributed by atoms with Gasteiger partial charge in [0.2, 0.25) is 0 Å². The number of fused-ring (bicyclic) bond motifs is 2. The van der Waals surface area contributed by atoms with Crippen molar-refractivity contribution in [2.75, 3.05) is 14.1 Å². The molecule has 0 aliphatic carbocycles. The van der Waals surface area contributed by atoms with Crippen LogP contribution in [0.4, 0.5) is 4.39 Å². The summed E-state index contributed by atoms with van der Waals surface area (Å²) in [6, 6.07) is 11.8. The van der Waals surface area contributed by atoms with Gasteiger partial charge in [-0.15, -0.1) is 0 Å². The van der Waals surface area contributed by atoms with E-state index in [1.807, 2.05) is 32.4 Å². The first kappa shape index (κ1) is 21.9. The van der Waals surface area contributed by atoms with Crippen LogP contribution in [0, 0.1) is 5.82 Å². The van der Waals surface area contributed by atoms with Gasteiger partial charge in [0.15, 0.2) is 0 Å². The monoisotopic (exact) mass is 479 g/mol. The summed E-state index contributed by atoms with van der Waals surface area (Å²) in [6.07, 6.45) is 7.08. The first-order valence-electron chi connectivity index (χ1n) is 11.4. The van der Waals surface area contributed by atoms with E-state index in [0.717, 1.165) is 62.7 Å². The molecule has 0 aliphatic rings. The second kappa shape index (κ2) is 8.54. The van der Waals surface area contributed by atoms with E-state index >= 15 is 0 Å². The zero-order valence-electron chi connectivity index (χ0n) is 19.6. The van der Waals surface area contributed by atoms with Crippen LogP contribution in [0.1, 0.15) is 5.56 Å². The molecule has 178 valence electrons. The lowest BCUT2D eigenvalue weighted by Crippen LogP contribution is -2.10. The minimum absolute atomic E-state index is 0.131. The molecule has 0 bridgehead atoms. The van der Waals surface area contributed by atoms with Gasteiger partial charge in [0.25, 0.3) is 0 Å². The van der Waals surface area contributed by atoms with E-state index in [1.54, 1.807) is 24.7 Å². The summed E-state index contributed by atoms with van der Waals surface area (Å²) in [4.78, 5) is 18.9. The lowest BCUT2D eigenvalue weighted by atomic mass is 10.0. The second-order valence-electron chi connectivity index (χ2n) is 9.01. The summed E-state index contributed by atoms with van der Waals surface area (Å²) in [6.45, 7) is 0.785. The zero-order valence-corrected chi connectivity index (χ0v) is 19.6. The van der Waals surface area contributed by atoms with Crippen LogP contribution in [0.3, 0.4) is 0 Å². The van der Waals surface area contributed by atoms with Crippen molar-refractivity contribution in [3.05, 3.63) is 78.6 Å². The number of rotatable bonds is 5. The van der Waals surface area contributed by atoms with Crippen LogP contribution >= 0.6 is 0 Å². The average Bonchev–Trinajstić information content (AvgIpc) is 3.46. The Labute approximate surface area is 205 Å². The lowest BCUT2D eigenvalue weighted by molar-refractivity contribution is 0.402. The molecule has 0 unspecified atom stereocenters. The van der Waals surface area contributed by atoms with Crippen molar-refractivity contribution in [1.82, 2.24) is 35.0 Å². The van der Waals surface area contributed by atoms with Crippen LogP contribution in [0.15, 0.2) is 67.3 Å². The van der Waals surface area contributed by atoms with Gasteiger partial charge >= 0.3 is 0 Å². The molecule has 5 heterocycles. The number of aromatic nitrogens is 6. The predicted molar refractivity (Wildman–Crippen MR) is 137 cm³/mol. The molecule has 3 N–H and O–H groups in total. The van der Waals surface area contributed by atoms with Gasteiger partial charge in [-0.2, -0.15) is 5.10 Å². The minimum Gasteiger partial charge on any atom is -0.508 e. The Morgan fingerprint density at radius 3 is 2.67 bits per heavy atom. The number of nitrogens with one attached hydrogen (secondary N) is 2. The third-order valence-corrected chi connectivity index (χ3v) is 6.02. The van der Waals surface area contributed by atoms with Gasteiger partial charge in [0.1, 0.15) is 22.9 Å². The number of aromatic amines is 2. The fraction of sp³-hybridized carbons (Fsp3) is 0.111. The first-order valence-corrected chi connectivity index (χ1v) is 11.4. The Hall–Kier alpha value is -4.63. The Morgan fingerprint density at radius 2 is 1.83 bits per heavy atom. The molecule has 0 saturated heterocycles. The number of H-pyrrole nitrogens is 2. The van der Waals surface area contributed by atoms with Crippen LogP contribution in [0.5, 0.6) is 5.75 Å². The maximum atomic E-state index is 14.0. The summed E-state index contributed by atoms with van der Waals surface area (Å²) in [5.74, 6) is -0.638. The number of phenols is 1. The lowest BCUT2D eigenvalue weighted by Gasteiger charge is -2.10. The van der Waals surface area contributed by atoms with Crippen molar-refractivity contribution in [1.29, 1.82) is 0 Å². The normalized spacial score (nSPS) is 11.7. The van der Waals surface area contributed by atoms with Crippen LogP contribution in [0.25, 0.3) is 55.7 Å². The van der Waals surface area contributed by atoms with Gasteiger partial charge < -0.3 is 15.0 Å². The molecule has 0 aliphatic heterocycles. The number of hydrogen-bond acceptors (Lipinski definition) is 6. The summed E-state index contributed by atoms with van der Waals surface area (Å²) >= 11 is 0. The minimum atomic E-state index is -0.506. The van der Waals surface area contributed by atoms with Crippen molar-refractivity contribution in [3.63, 3.8) is 0 Å². The number of pyridine rings is 3. The average molecular weight is 480 g/mol. The molecular formula is C27H22FN7O. The van der Waals surface area contributed by atoms with Crippen LogP contribution in [-0.2, 0) is 6.54 Å². The number of nitrogens with zero attached hydrogens (tertiary/aromatic N) is 5. The van der Waals surface area contributed by atoms with Gasteiger partial charge in [-0.1, -0.05) is 0 Å². The molecule has 6 rings (SSSR count). The third-order valence-electron chi connectivity index (χ3n) is 6.02. The van der Waals surface area contributed by atoms with E-state index in [-0.39, 0.29) is 5.75 Å². The number of benzene rings is 1. The third kappa shape index (κ3) is 3.95. The Balaban J connectivity index is 1.45. The van der Waals surface area contributed by atoms with Gasteiger partial charge in [0.05, 0.1) is 23.1 Å². The van der Waals surface area contributed by atoms with Crippen molar-refractivity contribution < 1.29 is 9.50 Å². The van der Waals surface area contributed by atoms with Gasteiger partial charge in [-0.05, 0) is 67.2 Å². The molecule has 0 amide bonds. The fourth-order valence-electron chi connectivity index (χ4n) is 4.50. The van der Waals surface area contributed by atoms with Crippen LogP contribution in [-0.4, -0.2) is 54.2 Å². The molecule has 36 heavy (non-hydrogen) atoms. The van der Waals surface area contributed by atoms with Crippen molar-refractivity contribution >= 4 is 21.9 Å². The molecule has 0 spiro atoms. The number of hydrogen-bond donors (Lipinski definition) is 3. The van der Waals surface area contributed by atoms with E-state index in [4.69, 9.17) is 0 Å². The first-order chi connectivity index (χ1) is 17.4. The zero-order chi connectivity index (χ0) is 24.8. The number of halogens is 1. The largest absolute Gasteiger partial charge is 0.508 e. The molecule has 6 aromatic rings. The maximum Gasteiger partial charge on any atom is 0.138 e. The topological polar surface area (TPSA) is 107 Å². The second-order valence-corrected chi connectivity index (χ2v) is 9.01. The summed E-state index contributed by atoms with van der Waals surface area (Å²) < 4.78 is 14.0. The van der Waals surface area contributed by atoms with Crippen molar-refractivity contribution in [2.24, 2.45) is 0 Å². The summed E-state index contributed by atoms with van der Waals surface area (Å²) in [7, 11) is 4.04. The molecule has 0 fully saturated rings. The van der Waals surface area contributed by atoms with E-state index in [2.05, 4.69) is 41.1 Å². The highest BCUT2D eigenvalue weighted by atomic mass is 19.1. The van der Waals surface area contributed by atoms with Crippen molar-refractivity contribution in [3.8, 4) is 39.5 Å². The highest BCUT2D eigenvalue weighted by molar-refractivity contribution is 6.00. The van der Waals surface area contributed by atoms with E-state index in [9.17, 15) is 9.50 Å². The SMILES string of the molecule is CN(C)Cc1cncc(-c2cc3c(-c4cc5c(-c6cc(O)cc(F)c6)ccnc5[nH]4)n[nH]c3cn2)c1. The molecule has 0 atom stereocenters. The quantitative estimate of drug-likeness (QED) is 0.316. The molecular weight excluding hydrogens is 457 g/mol. The van der Waals surface area contributed by atoms with E-state index in [1.165, 1.54) is 12.1 Å².